The zero-order valence-electron chi connectivity index (χ0n) is 8.03. The number of pyridine rings is 1. The van der Waals surface area contributed by atoms with E-state index < -0.39 is 0 Å². The number of aromatic nitrogens is 2. The zero-order chi connectivity index (χ0) is 9.42. The Kier molecular flexibility index (Phi) is 1.79. The third kappa shape index (κ3) is 1.30. The van der Waals surface area contributed by atoms with E-state index >= 15 is 0 Å². The summed E-state index contributed by atoms with van der Waals surface area (Å²) in [7, 11) is 0. The van der Waals surface area contributed by atoms with Gasteiger partial charge >= 0.3 is 0 Å². The van der Waals surface area contributed by atoms with Gasteiger partial charge in [0.05, 0.1) is 5.69 Å². The lowest BCUT2D eigenvalue weighted by Gasteiger charge is -2.02. The van der Waals surface area contributed by atoms with Gasteiger partial charge in [0, 0.05) is 13.1 Å². The smallest absolute Gasteiger partial charge is 0.192 e. The van der Waals surface area contributed by atoms with E-state index in [1.54, 1.807) is 6.20 Å². The van der Waals surface area contributed by atoms with Crippen molar-refractivity contribution in [1.82, 2.24) is 9.97 Å². The molecule has 0 amide bonds. The van der Waals surface area contributed by atoms with E-state index in [1.165, 1.54) is 0 Å². The topological polar surface area (TPSA) is 38.9 Å². The van der Waals surface area contributed by atoms with Crippen LogP contribution in [0, 0.1) is 6.92 Å². The molecule has 0 spiro atoms. The molecule has 0 aliphatic carbocycles. The summed E-state index contributed by atoms with van der Waals surface area (Å²) >= 11 is 0. The van der Waals surface area contributed by atoms with Gasteiger partial charge in [-0.1, -0.05) is 13.8 Å². The molecular formula is C10H12N2O. The van der Waals surface area contributed by atoms with Crippen molar-refractivity contribution in [1.29, 1.82) is 0 Å². The second-order valence-electron chi connectivity index (χ2n) is 3.43. The molecule has 0 radical (unpaired) electrons. The van der Waals surface area contributed by atoms with Crippen molar-refractivity contribution >= 4 is 11.1 Å². The van der Waals surface area contributed by atoms with Gasteiger partial charge in [0.25, 0.3) is 0 Å². The predicted octanol–water partition coefficient (Wildman–Crippen LogP) is 2.65. The largest absolute Gasteiger partial charge is 0.439 e. The highest BCUT2D eigenvalue weighted by atomic mass is 16.3. The SMILES string of the molecule is Cc1nc2ccnc(C(C)C)c2o1. The summed E-state index contributed by atoms with van der Waals surface area (Å²) in [6.07, 6.45) is 1.78. The monoisotopic (exact) mass is 176 g/mol. The Morgan fingerprint density at radius 1 is 1.38 bits per heavy atom. The maximum Gasteiger partial charge on any atom is 0.192 e. The fraction of sp³-hybridized carbons (Fsp3) is 0.400. The maximum atomic E-state index is 5.49. The molecule has 13 heavy (non-hydrogen) atoms. The first-order chi connectivity index (χ1) is 6.18. The number of hydrogen-bond acceptors (Lipinski definition) is 3. The minimum atomic E-state index is 0.371. The van der Waals surface area contributed by atoms with Crippen LogP contribution < -0.4 is 0 Å². The average Bonchev–Trinajstić information content (AvgIpc) is 2.43. The van der Waals surface area contributed by atoms with Crippen molar-refractivity contribution in [3.05, 3.63) is 23.8 Å². The Bertz CT molecular complexity index is 431. The van der Waals surface area contributed by atoms with Crippen LogP contribution in [0.15, 0.2) is 16.7 Å². The van der Waals surface area contributed by atoms with Crippen molar-refractivity contribution < 1.29 is 4.42 Å². The van der Waals surface area contributed by atoms with Crippen molar-refractivity contribution in [2.75, 3.05) is 0 Å². The summed E-state index contributed by atoms with van der Waals surface area (Å²) < 4.78 is 5.49. The second kappa shape index (κ2) is 2.83. The zero-order valence-corrected chi connectivity index (χ0v) is 8.03. The maximum absolute atomic E-state index is 5.49. The lowest BCUT2D eigenvalue weighted by molar-refractivity contribution is 0.553. The van der Waals surface area contributed by atoms with Crippen molar-refractivity contribution in [3.8, 4) is 0 Å². The fourth-order valence-corrected chi connectivity index (χ4v) is 1.40. The van der Waals surface area contributed by atoms with Crippen LogP contribution in [0.5, 0.6) is 0 Å². The highest BCUT2D eigenvalue weighted by Gasteiger charge is 2.11. The second-order valence-corrected chi connectivity index (χ2v) is 3.43. The average molecular weight is 176 g/mol. The molecule has 3 heteroatoms. The highest BCUT2D eigenvalue weighted by Crippen LogP contribution is 2.23. The summed E-state index contributed by atoms with van der Waals surface area (Å²) in [5.74, 6) is 1.07. The van der Waals surface area contributed by atoms with E-state index in [9.17, 15) is 0 Å². The quantitative estimate of drug-likeness (QED) is 0.670. The van der Waals surface area contributed by atoms with Crippen LogP contribution in [0.3, 0.4) is 0 Å². The minimum absolute atomic E-state index is 0.371. The van der Waals surface area contributed by atoms with Gasteiger partial charge in [0.15, 0.2) is 11.5 Å². The molecule has 0 bridgehead atoms. The fourth-order valence-electron chi connectivity index (χ4n) is 1.40. The van der Waals surface area contributed by atoms with E-state index in [1.807, 2.05) is 13.0 Å². The number of oxazole rings is 1. The Morgan fingerprint density at radius 3 is 2.85 bits per heavy atom. The van der Waals surface area contributed by atoms with E-state index in [0.717, 1.165) is 16.8 Å². The van der Waals surface area contributed by atoms with Crippen LogP contribution in [0.4, 0.5) is 0 Å². The van der Waals surface area contributed by atoms with Gasteiger partial charge in [-0.2, -0.15) is 0 Å². The molecule has 68 valence electrons. The molecule has 0 saturated carbocycles. The number of hydrogen-bond donors (Lipinski definition) is 0. The van der Waals surface area contributed by atoms with E-state index in [4.69, 9.17) is 4.42 Å². The van der Waals surface area contributed by atoms with Gasteiger partial charge < -0.3 is 4.42 Å². The first-order valence-corrected chi connectivity index (χ1v) is 4.40. The molecule has 2 aromatic rings. The number of aryl methyl sites for hydroxylation is 1. The van der Waals surface area contributed by atoms with Gasteiger partial charge in [0.2, 0.25) is 0 Å². The standard InChI is InChI=1S/C10H12N2O/c1-6(2)9-10-8(4-5-11-9)12-7(3)13-10/h4-6H,1-3H3. The van der Waals surface area contributed by atoms with Gasteiger partial charge in [-0.15, -0.1) is 0 Å². The van der Waals surface area contributed by atoms with Crippen molar-refractivity contribution in [3.63, 3.8) is 0 Å². The Hall–Kier alpha value is -1.38. The minimum Gasteiger partial charge on any atom is -0.439 e. The molecule has 0 aliphatic rings. The molecule has 2 aromatic heterocycles. The third-order valence-corrected chi connectivity index (χ3v) is 1.99. The first-order valence-electron chi connectivity index (χ1n) is 4.40. The first kappa shape index (κ1) is 8.23. The molecular weight excluding hydrogens is 164 g/mol. The molecule has 0 unspecified atom stereocenters. The Labute approximate surface area is 76.8 Å². The molecule has 0 aliphatic heterocycles. The van der Waals surface area contributed by atoms with Crippen LogP contribution in [0.25, 0.3) is 11.1 Å². The number of nitrogens with zero attached hydrogens (tertiary/aromatic N) is 2. The van der Waals surface area contributed by atoms with Gasteiger partial charge in [-0.05, 0) is 12.0 Å². The van der Waals surface area contributed by atoms with Crippen LogP contribution in [-0.2, 0) is 0 Å². The van der Waals surface area contributed by atoms with Crippen molar-refractivity contribution in [2.45, 2.75) is 26.7 Å². The molecule has 0 saturated heterocycles. The number of fused-ring (bicyclic) bond motifs is 1. The summed E-state index contributed by atoms with van der Waals surface area (Å²) in [4.78, 5) is 8.54. The molecule has 3 nitrogen and oxygen atoms in total. The molecule has 0 atom stereocenters. The summed E-state index contributed by atoms with van der Waals surface area (Å²) in [5.41, 5.74) is 2.71. The lowest BCUT2D eigenvalue weighted by Crippen LogP contribution is -1.91. The molecule has 2 heterocycles. The summed E-state index contributed by atoms with van der Waals surface area (Å²) in [6, 6.07) is 1.87. The predicted molar refractivity (Wildman–Crippen MR) is 50.6 cm³/mol. The highest BCUT2D eigenvalue weighted by molar-refractivity contribution is 5.74. The Morgan fingerprint density at radius 2 is 2.15 bits per heavy atom. The molecule has 0 N–H and O–H groups in total. The normalized spacial score (nSPS) is 11.4. The van der Waals surface area contributed by atoms with Gasteiger partial charge in [-0.25, -0.2) is 4.98 Å². The summed E-state index contributed by atoms with van der Waals surface area (Å²) in [6.45, 7) is 6.04. The van der Waals surface area contributed by atoms with Crippen molar-refractivity contribution in [2.24, 2.45) is 0 Å². The van der Waals surface area contributed by atoms with Gasteiger partial charge in [0.1, 0.15) is 5.52 Å². The van der Waals surface area contributed by atoms with E-state index in [-0.39, 0.29) is 0 Å². The summed E-state index contributed by atoms with van der Waals surface area (Å²) in [5, 5.41) is 0. The van der Waals surface area contributed by atoms with Gasteiger partial charge in [-0.3, -0.25) is 4.98 Å². The van der Waals surface area contributed by atoms with E-state index in [2.05, 4.69) is 23.8 Å². The van der Waals surface area contributed by atoms with Crippen LogP contribution in [-0.4, -0.2) is 9.97 Å². The molecule has 2 rings (SSSR count). The Balaban J connectivity index is 2.75. The molecule has 0 fully saturated rings. The molecule has 0 aromatic carbocycles. The van der Waals surface area contributed by atoms with Crippen LogP contribution >= 0.6 is 0 Å². The van der Waals surface area contributed by atoms with E-state index in [0.29, 0.717) is 11.8 Å². The lowest BCUT2D eigenvalue weighted by atomic mass is 10.1. The van der Waals surface area contributed by atoms with Crippen LogP contribution in [0.1, 0.15) is 31.4 Å². The number of rotatable bonds is 1. The third-order valence-electron chi connectivity index (χ3n) is 1.99. The van der Waals surface area contributed by atoms with Crippen LogP contribution in [0.2, 0.25) is 0 Å².